The minimum absolute atomic E-state index is 0.0455. The van der Waals surface area contributed by atoms with Gasteiger partial charge < -0.3 is 66.3 Å². The number of nitrogens with one attached hydrogen (secondary N) is 2. The van der Waals surface area contributed by atoms with Crippen molar-refractivity contribution in [3.8, 4) is 33.4 Å². The minimum Gasteiger partial charge on any atom is -0.399 e. The molecule has 0 radical (unpaired) electrons. The Morgan fingerprint density at radius 1 is 0.192 bits per heavy atom. The molecule has 2 atom stereocenters. The van der Waals surface area contributed by atoms with Crippen LogP contribution in [-0.2, 0) is 38.8 Å². The van der Waals surface area contributed by atoms with Gasteiger partial charge in [-0.3, -0.25) is 0 Å². The molecule has 0 fully saturated rings. The minimum atomic E-state index is 0.0455. The van der Waals surface area contributed by atoms with Gasteiger partial charge in [-0.15, -0.1) is 0 Å². The zero-order valence-corrected chi connectivity index (χ0v) is 87.2. The second-order valence-electron chi connectivity index (χ2n) is 39.6. The number of rotatable bonds is 31. The fraction of sp³-hybridized carbons (Fsp3) is 0.194. The maximum Gasteiger partial charge on any atom is 0.0376 e. The van der Waals surface area contributed by atoms with Crippen LogP contribution in [-0.4, -0.2) is 42.3 Å². The number of nitrogens with zero attached hydrogens (tertiary/aromatic N) is 2. The fourth-order valence-corrected chi connectivity index (χ4v) is 20.9. The molecule has 146 heavy (non-hydrogen) atoms. The summed E-state index contributed by atoms with van der Waals surface area (Å²) in [6.07, 6.45) is 3.55. The fourth-order valence-electron chi connectivity index (χ4n) is 20.9. The molecule has 0 amide bonds. The van der Waals surface area contributed by atoms with Gasteiger partial charge in [0.05, 0.1) is 0 Å². The molecule has 0 aliphatic carbocycles. The summed E-state index contributed by atoms with van der Waals surface area (Å²) >= 11 is 0. The maximum absolute atomic E-state index is 6.53. The highest BCUT2D eigenvalue weighted by Gasteiger charge is 2.28. The Morgan fingerprint density at radius 2 is 0.336 bits per heavy atom. The number of hydrogen-bond donors (Lipinski definition) is 10. The molecule has 12 nitrogen and oxygen atoms in total. The lowest BCUT2D eigenvalue weighted by atomic mass is 9.80. The average Bonchev–Trinajstić information content (AvgIpc) is 0.804. The summed E-state index contributed by atoms with van der Waals surface area (Å²) in [6, 6.07) is 141. The van der Waals surface area contributed by atoms with E-state index in [0.717, 1.165) is 118 Å². The Morgan fingerprint density at radius 3 is 0.486 bits per heavy atom. The number of hydrogen-bond acceptors (Lipinski definition) is 12. The van der Waals surface area contributed by atoms with Crippen LogP contribution in [0.5, 0.6) is 0 Å². The summed E-state index contributed by atoms with van der Waals surface area (Å²) in [6.45, 7) is 18.9. The van der Waals surface area contributed by atoms with Crippen molar-refractivity contribution in [2.75, 3.05) is 98.0 Å². The number of anilines is 10. The number of aryl methyl sites for hydroxylation is 8. The first-order valence-electron chi connectivity index (χ1n) is 51.3. The Hall–Kier alpha value is -16.1. The van der Waals surface area contributed by atoms with Crippen LogP contribution in [0.2, 0.25) is 0 Å². The summed E-state index contributed by atoms with van der Waals surface area (Å²) in [5.74, 6) is 0.524. The van der Waals surface area contributed by atoms with Crippen LogP contribution in [0.1, 0.15) is 219 Å². The molecule has 0 spiro atoms. The van der Waals surface area contributed by atoms with Crippen LogP contribution in [0.15, 0.2) is 388 Å². The second kappa shape index (κ2) is 46.9. The molecule has 18 aromatic rings. The lowest BCUT2D eigenvalue weighted by Gasteiger charge is -2.24. The van der Waals surface area contributed by atoms with Crippen molar-refractivity contribution < 1.29 is 0 Å². The van der Waals surface area contributed by atoms with Gasteiger partial charge in [-0.25, -0.2) is 0 Å². The molecule has 738 valence electrons. The molecule has 0 aliphatic heterocycles. The summed E-state index contributed by atoms with van der Waals surface area (Å²) in [7, 11) is 12.3. The first-order valence-corrected chi connectivity index (χ1v) is 51.3. The van der Waals surface area contributed by atoms with E-state index >= 15 is 0 Å². The third kappa shape index (κ3) is 23.8. The van der Waals surface area contributed by atoms with Crippen molar-refractivity contribution >= 4 is 56.9 Å². The lowest BCUT2D eigenvalue weighted by molar-refractivity contribution is 0.816. The second-order valence-corrected chi connectivity index (χ2v) is 39.6. The average molecular weight is 1920 g/mol. The van der Waals surface area contributed by atoms with E-state index in [-0.39, 0.29) is 35.5 Å². The quantitative estimate of drug-likeness (QED) is 0.0144. The molecule has 0 aromatic heterocycles. The first kappa shape index (κ1) is 103. The highest BCUT2D eigenvalue weighted by molar-refractivity contribution is 5.72. The molecule has 0 aliphatic rings. The summed E-state index contributed by atoms with van der Waals surface area (Å²) in [5, 5.41) is 6.53. The molecule has 2 unspecified atom stereocenters. The molecule has 0 heterocycles. The molecule has 0 bridgehead atoms. The van der Waals surface area contributed by atoms with Gasteiger partial charge >= 0.3 is 0 Å². The van der Waals surface area contributed by atoms with E-state index in [9.17, 15) is 0 Å². The van der Waals surface area contributed by atoms with Crippen LogP contribution in [0.25, 0.3) is 33.4 Å². The van der Waals surface area contributed by atoms with Crippen LogP contribution in [0, 0.1) is 27.7 Å². The van der Waals surface area contributed by atoms with Crippen LogP contribution in [0.3, 0.4) is 0 Å². The van der Waals surface area contributed by atoms with Gasteiger partial charge in [0, 0.05) is 134 Å². The van der Waals surface area contributed by atoms with E-state index in [2.05, 4.69) is 444 Å². The van der Waals surface area contributed by atoms with Gasteiger partial charge in [0.2, 0.25) is 0 Å². The number of nitrogen functional groups attached to an aromatic ring is 8. The molecule has 18 aromatic carbocycles. The van der Waals surface area contributed by atoms with E-state index in [1.807, 2.05) is 62.6 Å². The van der Waals surface area contributed by atoms with Gasteiger partial charge in [-0.2, -0.15) is 0 Å². The maximum atomic E-state index is 6.53. The smallest absolute Gasteiger partial charge is 0.0376 e. The van der Waals surface area contributed by atoms with E-state index in [4.69, 9.17) is 45.9 Å². The zero-order valence-electron chi connectivity index (χ0n) is 87.2. The SMILES string of the molecule is CCc1cc(C(c2ccc(-c3ccc(C(c4cc(C)c(N)c(CC)c4)c4cc(C)c(N)c(CC)c4)cc3)cc2)c2cc(C)c(N)c(CC)c2)cc(C)c1N.CNCc1ccc(C(c2ccc(-c3ccc(C(c4ccc(CNC)cc4)c4ccc(N(C)C)cc4)cc3)cc2)c2ccc(N(C)C)cc2)cc1.Nc1ccc(C(c2ccc(N)cc2)c2ccc(-c3ccc(C(c4ccc(N)cc4)c4ccc(N)cc4)cc3)cc2)cc1. The summed E-state index contributed by atoms with van der Waals surface area (Å²) in [5.41, 5.74) is 100. The lowest BCUT2D eigenvalue weighted by Crippen LogP contribution is -2.09. The Balaban J connectivity index is 0.000000158. The first-order chi connectivity index (χ1) is 70.7. The molecular weight excluding hydrogens is 1780 g/mol. The Kier molecular flexibility index (Phi) is 33.0. The number of nitrogens with two attached hydrogens (primary N) is 8. The van der Waals surface area contributed by atoms with Crippen LogP contribution < -0.4 is 66.3 Å². The van der Waals surface area contributed by atoms with E-state index < -0.39 is 0 Å². The largest absolute Gasteiger partial charge is 0.399 e. The van der Waals surface area contributed by atoms with Crippen LogP contribution in [0.4, 0.5) is 56.9 Å². The standard InChI is InChI=1S/C50H58N4.C46H50N4.C38H34N4/c1-9-33-25-41(21-29(5)47(33)51)45(42-22-30(6)48(52)34(10-2)26-42)39-17-13-37(14-18-39)38-15-19-40(20-16-38)46(43-23-31(7)49(53)35(11-3)27-43)44-24-32(8)50(54)36(12-4)28-44;1-47-31-33-7-11-37(12-8-33)45(41-23-27-43(28-24-41)49(3)4)39-19-15-35(16-20-39)36-17-21-40(22-18-36)46(38-13-9-34(10-14-38)32-48-2)42-25-29-44(30-26-42)50(5)6;39-33-17-9-29(10-18-33)37(30-11-19-34(40)20-12-30)27-5-1-25(2-6-27)26-3-7-28(8-4-26)38(31-13-21-35(41)22-14-31)32-15-23-36(42)24-16-32/h13-28,45-46H,9-12,51-54H2,1-8H3;7-30,45-48H,31-32H2,1-6H3;1-24,37-38H,39-42H2. The van der Waals surface area contributed by atoms with Crippen LogP contribution >= 0.6 is 0 Å². The molecule has 18 rings (SSSR count). The van der Waals surface area contributed by atoms with Gasteiger partial charge in [0.1, 0.15) is 0 Å². The van der Waals surface area contributed by atoms with Crippen molar-refractivity contribution in [2.24, 2.45) is 0 Å². The van der Waals surface area contributed by atoms with Gasteiger partial charge in [0.25, 0.3) is 0 Å². The Bertz CT molecular complexity index is 6730. The monoisotopic (exact) mass is 1920 g/mol. The molecule has 18 N–H and O–H groups in total. The predicted octanol–water partition coefficient (Wildman–Crippen LogP) is 28.9. The zero-order chi connectivity index (χ0) is 103. The van der Waals surface area contributed by atoms with Crippen molar-refractivity contribution in [3.05, 3.63) is 544 Å². The Labute approximate surface area is 866 Å². The van der Waals surface area contributed by atoms with Crippen molar-refractivity contribution in [1.82, 2.24) is 10.6 Å². The summed E-state index contributed by atoms with van der Waals surface area (Å²) < 4.78 is 0. The molecule has 0 saturated carbocycles. The van der Waals surface area contributed by atoms with Gasteiger partial charge in [0.15, 0.2) is 0 Å². The predicted molar refractivity (Wildman–Crippen MR) is 625 cm³/mol. The topological polar surface area (TPSA) is 239 Å². The van der Waals surface area contributed by atoms with Crippen molar-refractivity contribution in [3.63, 3.8) is 0 Å². The highest BCUT2D eigenvalue weighted by Crippen LogP contribution is 2.45. The normalized spacial score (nSPS) is 11.7. The van der Waals surface area contributed by atoms with E-state index in [1.54, 1.807) is 0 Å². The van der Waals surface area contributed by atoms with E-state index in [0.29, 0.717) is 0 Å². The molecule has 12 heteroatoms. The molecule has 0 saturated heterocycles. The molecular formula is C134H142N12. The van der Waals surface area contributed by atoms with Gasteiger partial charge in [-0.05, 0) is 329 Å². The van der Waals surface area contributed by atoms with Gasteiger partial charge in [-0.1, -0.05) is 343 Å². The third-order valence-corrected chi connectivity index (χ3v) is 29.3. The third-order valence-electron chi connectivity index (χ3n) is 29.3. The van der Waals surface area contributed by atoms with Crippen molar-refractivity contribution in [1.29, 1.82) is 0 Å². The summed E-state index contributed by atoms with van der Waals surface area (Å²) in [4.78, 5) is 4.30. The highest BCUT2D eigenvalue weighted by atomic mass is 15.1. The number of benzene rings is 18. The van der Waals surface area contributed by atoms with E-state index in [1.165, 1.54) is 167 Å². The van der Waals surface area contributed by atoms with Crippen molar-refractivity contribution in [2.45, 2.75) is 130 Å².